The molecule has 0 saturated heterocycles. The number of rotatable bonds is 7. The van der Waals surface area contributed by atoms with E-state index in [1.54, 1.807) is 0 Å². The zero-order valence-electron chi connectivity index (χ0n) is 9.19. The van der Waals surface area contributed by atoms with Gasteiger partial charge in [0, 0.05) is 6.04 Å². The number of hydrogen-bond donors (Lipinski definition) is 2. The van der Waals surface area contributed by atoms with Gasteiger partial charge in [0.25, 0.3) is 0 Å². The normalized spacial score (nSPS) is 12.7. The molecule has 1 aromatic rings. The Labute approximate surface area is 94.2 Å². The minimum Gasteiger partial charge on any atom is -0.407 e. The summed E-state index contributed by atoms with van der Waals surface area (Å²) in [5, 5.41) is 10.8. The summed E-state index contributed by atoms with van der Waals surface area (Å²) in [7, 11) is 0. The van der Waals surface area contributed by atoms with E-state index in [1.807, 2.05) is 11.8 Å². The van der Waals surface area contributed by atoms with Crippen molar-refractivity contribution in [1.82, 2.24) is 10.2 Å². The van der Waals surface area contributed by atoms with E-state index in [9.17, 15) is 0 Å². The summed E-state index contributed by atoms with van der Waals surface area (Å²) in [6.45, 7) is 4.55. The fourth-order valence-corrected chi connectivity index (χ4v) is 1.89. The Kier molecular flexibility index (Phi) is 5.49. The van der Waals surface area contributed by atoms with Crippen molar-refractivity contribution < 1.29 is 4.42 Å². The third-order valence-electron chi connectivity index (χ3n) is 1.91. The van der Waals surface area contributed by atoms with Crippen LogP contribution in [0.2, 0.25) is 0 Å². The lowest BCUT2D eigenvalue weighted by Crippen LogP contribution is -2.16. The molecule has 6 heteroatoms. The molecule has 86 valence electrons. The van der Waals surface area contributed by atoms with Gasteiger partial charge in [-0.3, -0.25) is 0 Å². The number of aromatic nitrogens is 2. The summed E-state index contributed by atoms with van der Waals surface area (Å²) in [5.41, 5.74) is 5.36. The Bertz CT molecular complexity index is 279. The van der Waals surface area contributed by atoms with Gasteiger partial charge in [-0.1, -0.05) is 12.0 Å². The molecule has 0 spiro atoms. The number of nitrogens with one attached hydrogen (secondary N) is 1. The number of nitrogens with zero attached hydrogens (tertiary/aromatic N) is 2. The second kappa shape index (κ2) is 6.68. The molecule has 5 nitrogen and oxygen atoms in total. The van der Waals surface area contributed by atoms with Gasteiger partial charge in [-0.25, -0.2) is 0 Å². The summed E-state index contributed by atoms with van der Waals surface area (Å²) in [5.74, 6) is 2.76. The molecule has 0 bridgehead atoms. The lowest BCUT2D eigenvalue weighted by molar-refractivity contribution is 0.501. The SMILES string of the molecule is CCSCCC(C)Nc1nnc(CN)o1. The largest absolute Gasteiger partial charge is 0.407 e. The third-order valence-corrected chi connectivity index (χ3v) is 2.84. The third kappa shape index (κ3) is 4.53. The fraction of sp³-hybridized carbons (Fsp3) is 0.778. The summed E-state index contributed by atoms with van der Waals surface area (Å²) in [6.07, 6.45) is 1.08. The smallest absolute Gasteiger partial charge is 0.315 e. The molecular formula is C9H18N4OS. The van der Waals surface area contributed by atoms with E-state index in [4.69, 9.17) is 10.2 Å². The van der Waals surface area contributed by atoms with Crippen LogP contribution < -0.4 is 11.1 Å². The van der Waals surface area contributed by atoms with Crippen LogP contribution >= 0.6 is 11.8 Å². The first-order chi connectivity index (χ1) is 7.26. The summed E-state index contributed by atoms with van der Waals surface area (Å²) < 4.78 is 5.24. The van der Waals surface area contributed by atoms with E-state index in [0.717, 1.165) is 17.9 Å². The number of nitrogens with two attached hydrogens (primary N) is 1. The molecule has 3 N–H and O–H groups in total. The zero-order chi connectivity index (χ0) is 11.1. The van der Waals surface area contributed by atoms with Gasteiger partial charge in [-0.15, -0.1) is 5.10 Å². The van der Waals surface area contributed by atoms with Gasteiger partial charge < -0.3 is 15.5 Å². The number of anilines is 1. The maximum Gasteiger partial charge on any atom is 0.315 e. The average molecular weight is 230 g/mol. The van der Waals surface area contributed by atoms with Crippen LogP contribution in [-0.2, 0) is 6.54 Å². The molecule has 0 aliphatic rings. The first-order valence-corrected chi connectivity index (χ1v) is 6.28. The minimum absolute atomic E-state index is 0.286. The fourth-order valence-electron chi connectivity index (χ4n) is 1.08. The highest BCUT2D eigenvalue weighted by molar-refractivity contribution is 7.99. The van der Waals surface area contributed by atoms with Crippen molar-refractivity contribution in [3.63, 3.8) is 0 Å². The first kappa shape index (κ1) is 12.3. The molecule has 0 saturated carbocycles. The van der Waals surface area contributed by atoms with Crippen molar-refractivity contribution in [2.75, 3.05) is 16.8 Å². The predicted octanol–water partition coefficient (Wildman–Crippen LogP) is 1.47. The maximum absolute atomic E-state index is 5.36. The second-order valence-electron chi connectivity index (χ2n) is 3.24. The van der Waals surface area contributed by atoms with Crippen molar-refractivity contribution in [3.8, 4) is 0 Å². The topological polar surface area (TPSA) is 77.0 Å². The lowest BCUT2D eigenvalue weighted by Gasteiger charge is -2.10. The molecule has 0 aromatic carbocycles. The van der Waals surface area contributed by atoms with Gasteiger partial charge in [0.05, 0.1) is 6.54 Å². The second-order valence-corrected chi connectivity index (χ2v) is 4.63. The van der Waals surface area contributed by atoms with Crippen molar-refractivity contribution >= 4 is 17.8 Å². The van der Waals surface area contributed by atoms with Crippen LogP contribution in [0.3, 0.4) is 0 Å². The van der Waals surface area contributed by atoms with Crippen LogP contribution in [0.1, 0.15) is 26.2 Å². The van der Waals surface area contributed by atoms with E-state index in [-0.39, 0.29) is 6.54 Å². The maximum atomic E-state index is 5.36. The van der Waals surface area contributed by atoms with Gasteiger partial charge >= 0.3 is 6.01 Å². The Morgan fingerprint density at radius 1 is 1.53 bits per heavy atom. The summed E-state index contributed by atoms with van der Waals surface area (Å²) in [6, 6.07) is 0.805. The molecule has 1 unspecified atom stereocenters. The molecule has 1 atom stereocenters. The summed E-state index contributed by atoms with van der Waals surface area (Å²) >= 11 is 1.93. The molecule has 0 radical (unpaired) electrons. The predicted molar refractivity (Wildman–Crippen MR) is 62.9 cm³/mol. The van der Waals surface area contributed by atoms with E-state index in [2.05, 4.69) is 29.4 Å². The van der Waals surface area contributed by atoms with Crippen molar-refractivity contribution in [2.45, 2.75) is 32.9 Å². The zero-order valence-corrected chi connectivity index (χ0v) is 10.0. The van der Waals surface area contributed by atoms with Crippen molar-refractivity contribution in [2.24, 2.45) is 5.73 Å². The average Bonchev–Trinajstić information content (AvgIpc) is 2.66. The van der Waals surface area contributed by atoms with Crippen LogP contribution in [0.4, 0.5) is 6.01 Å². The lowest BCUT2D eigenvalue weighted by atomic mass is 10.3. The standard InChI is InChI=1S/C9H18N4OS/c1-3-15-5-4-7(2)11-9-13-12-8(6-10)14-9/h7H,3-6,10H2,1-2H3,(H,11,13). The molecule has 0 aliphatic heterocycles. The van der Waals surface area contributed by atoms with Gasteiger partial charge in [-0.2, -0.15) is 11.8 Å². The number of hydrogen-bond acceptors (Lipinski definition) is 6. The van der Waals surface area contributed by atoms with E-state index < -0.39 is 0 Å². The molecule has 1 rings (SSSR count). The molecule has 1 heterocycles. The van der Waals surface area contributed by atoms with Crippen molar-refractivity contribution in [1.29, 1.82) is 0 Å². The Morgan fingerprint density at radius 2 is 2.33 bits per heavy atom. The quantitative estimate of drug-likeness (QED) is 0.691. The summed E-state index contributed by atoms with van der Waals surface area (Å²) in [4.78, 5) is 0. The van der Waals surface area contributed by atoms with Crippen LogP contribution in [0.25, 0.3) is 0 Å². The molecule has 1 aromatic heterocycles. The Hall–Kier alpha value is -0.750. The van der Waals surface area contributed by atoms with E-state index in [0.29, 0.717) is 17.9 Å². The van der Waals surface area contributed by atoms with Crippen LogP contribution in [0.5, 0.6) is 0 Å². The van der Waals surface area contributed by atoms with Crippen LogP contribution in [0, 0.1) is 0 Å². The van der Waals surface area contributed by atoms with Gasteiger partial charge in [0.15, 0.2) is 0 Å². The van der Waals surface area contributed by atoms with Crippen LogP contribution in [-0.4, -0.2) is 27.7 Å². The molecule has 0 aliphatic carbocycles. The van der Waals surface area contributed by atoms with Gasteiger partial charge in [-0.05, 0) is 24.9 Å². The Morgan fingerprint density at radius 3 is 2.93 bits per heavy atom. The Balaban J connectivity index is 2.27. The minimum atomic E-state index is 0.286. The van der Waals surface area contributed by atoms with E-state index >= 15 is 0 Å². The molecule has 0 amide bonds. The highest BCUT2D eigenvalue weighted by Crippen LogP contribution is 2.10. The van der Waals surface area contributed by atoms with Gasteiger partial charge in [0.1, 0.15) is 0 Å². The highest BCUT2D eigenvalue weighted by atomic mass is 32.2. The highest BCUT2D eigenvalue weighted by Gasteiger charge is 2.07. The number of thioether (sulfide) groups is 1. The monoisotopic (exact) mass is 230 g/mol. The van der Waals surface area contributed by atoms with Gasteiger partial charge in [0.2, 0.25) is 5.89 Å². The van der Waals surface area contributed by atoms with Crippen molar-refractivity contribution in [3.05, 3.63) is 5.89 Å². The van der Waals surface area contributed by atoms with Crippen LogP contribution in [0.15, 0.2) is 4.42 Å². The molecule has 15 heavy (non-hydrogen) atoms. The van der Waals surface area contributed by atoms with E-state index in [1.165, 1.54) is 0 Å². The molecular weight excluding hydrogens is 212 g/mol. The molecule has 0 fully saturated rings. The first-order valence-electron chi connectivity index (χ1n) is 5.13.